The third-order valence-corrected chi connectivity index (χ3v) is 3.71. The molecule has 1 atom stereocenters. The Balaban J connectivity index is 1.81. The van der Waals surface area contributed by atoms with Gasteiger partial charge in [0.25, 0.3) is 5.91 Å². The normalized spacial score (nSPS) is 16.6. The molecule has 7 nitrogen and oxygen atoms in total. The molecule has 1 aromatic heterocycles. The first-order chi connectivity index (χ1) is 11.5. The van der Waals surface area contributed by atoms with Crippen LogP contribution in [0.5, 0.6) is 0 Å². The number of carbonyl (C=O) groups is 2. The Morgan fingerprint density at radius 1 is 1.21 bits per heavy atom. The molecule has 3 rings (SSSR count). The molecule has 0 radical (unpaired) electrons. The molecule has 0 saturated carbocycles. The number of hydrogen-bond acceptors (Lipinski definition) is 5. The molecule has 1 aromatic carbocycles. The minimum Gasteiger partial charge on any atom is -0.368 e. The van der Waals surface area contributed by atoms with E-state index in [9.17, 15) is 9.59 Å². The molecule has 1 aliphatic heterocycles. The van der Waals surface area contributed by atoms with Gasteiger partial charge in [0.1, 0.15) is 17.6 Å². The first kappa shape index (κ1) is 15.9. The number of carbonyl (C=O) groups excluding carboxylic acids is 2. The molecule has 0 saturated heterocycles. The van der Waals surface area contributed by atoms with Crippen LogP contribution in [0.3, 0.4) is 0 Å². The first-order valence-electron chi connectivity index (χ1n) is 7.18. The molecule has 0 fully saturated rings. The van der Waals surface area contributed by atoms with Crippen LogP contribution in [0.15, 0.2) is 53.8 Å². The van der Waals surface area contributed by atoms with Crippen LogP contribution in [0.4, 0.5) is 11.5 Å². The van der Waals surface area contributed by atoms with E-state index in [1.807, 2.05) is 18.2 Å². The second kappa shape index (κ2) is 6.67. The number of hydrazone groups is 1. The number of aromatic nitrogens is 1. The van der Waals surface area contributed by atoms with Crippen molar-refractivity contribution in [1.82, 2.24) is 4.98 Å². The van der Waals surface area contributed by atoms with Gasteiger partial charge in [0.05, 0.1) is 10.7 Å². The zero-order chi connectivity index (χ0) is 17.1. The van der Waals surface area contributed by atoms with E-state index in [-0.39, 0.29) is 12.1 Å². The van der Waals surface area contributed by atoms with Crippen LogP contribution in [0.2, 0.25) is 5.02 Å². The lowest BCUT2D eigenvalue weighted by atomic mass is 10.1. The average Bonchev–Trinajstić information content (AvgIpc) is 3.03. The fraction of sp³-hybridized carbons (Fsp3) is 0.125. The highest BCUT2D eigenvalue weighted by atomic mass is 35.5. The van der Waals surface area contributed by atoms with E-state index >= 15 is 0 Å². The predicted octanol–water partition coefficient (Wildman–Crippen LogP) is 1.79. The van der Waals surface area contributed by atoms with E-state index in [1.165, 1.54) is 11.2 Å². The van der Waals surface area contributed by atoms with Crippen molar-refractivity contribution in [2.45, 2.75) is 12.5 Å². The fourth-order valence-corrected chi connectivity index (χ4v) is 2.44. The summed E-state index contributed by atoms with van der Waals surface area (Å²) in [6.07, 6.45) is 1.56. The van der Waals surface area contributed by atoms with Gasteiger partial charge in [-0.1, -0.05) is 29.8 Å². The summed E-state index contributed by atoms with van der Waals surface area (Å²) in [5, 5.41) is 8.81. The van der Waals surface area contributed by atoms with Crippen LogP contribution in [0, 0.1) is 0 Å². The Bertz CT molecular complexity index is 792. The summed E-state index contributed by atoms with van der Waals surface area (Å²) in [6.45, 7) is 0. The zero-order valence-electron chi connectivity index (χ0n) is 12.5. The zero-order valence-corrected chi connectivity index (χ0v) is 13.3. The second-order valence-electron chi connectivity index (χ2n) is 5.16. The van der Waals surface area contributed by atoms with Gasteiger partial charge in [0.2, 0.25) is 5.91 Å². The molecule has 0 unspecified atom stereocenters. The molecule has 0 bridgehead atoms. The summed E-state index contributed by atoms with van der Waals surface area (Å²) in [5.41, 5.74) is 6.34. The lowest BCUT2D eigenvalue weighted by Crippen LogP contribution is -2.39. The van der Waals surface area contributed by atoms with Gasteiger partial charge in [-0.25, -0.2) is 4.98 Å². The van der Waals surface area contributed by atoms with E-state index in [0.29, 0.717) is 16.5 Å². The van der Waals surface area contributed by atoms with Gasteiger partial charge >= 0.3 is 0 Å². The van der Waals surface area contributed by atoms with E-state index in [2.05, 4.69) is 15.4 Å². The van der Waals surface area contributed by atoms with Gasteiger partial charge in [-0.2, -0.15) is 5.10 Å². The second-order valence-corrected chi connectivity index (χ2v) is 5.60. The van der Waals surface area contributed by atoms with E-state index in [0.717, 1.165) is 0 Å². The standard InChI is InChI=1S/C16H14ClN5O2/c17-10-6-7-14(19-9-10)20-16(24)12-8-13(15(18)23)22(21-12)11-4-2-1-3-5-11/h1-7,9,13H,8H2,(H2,18,23)(H,19,20,24)/t13-/m0/s1. The summed E-state index contributed by atoms with van der Waals surface area (Å²) in [7, 11) is 0. The Kier molecular flexibility index (Phi) is 4.43. The molecular formula is C16H14ClN5O2. The van der Waals surface area contributed by atoms with Gasteiger partial charge in [0.15, 0.2) is 0 Å². The number of benzene rings is 1. The van der Waals surface area contributed by atoms with Crippen LogP contribution in [-0.4, -0.2) is 28.6 Å². The van der Waals surface area contributed by atoms with Gasteiger partial charge in [-0.05, 0) is 24.3 Å². The van der Waals surface area contributed by atoms with Crippen molar-refractivity contribution >= 4 is 40.6 Å². The summed E-state index contributed by atoms with van der Waals surface area (Å²) >= 11 is 5.76. The van der Waals surface area contributed by atoms with Crippen LogP contribution in [0.25, 0.3) is 0 Å². The lowest BCUT2D eigenvalue weighted by molar-refractivity contribution is -0.119. The van der Waals surface area contributed by atoms with Gasteiger partial charge in [-0.15, -0.1) is 0 Å². The SMILES string of the molecule is NC(=O)[C@@H]1CC(C(=O)Nc2ccc(Cl)cn2)=NN1c1ccccc1. The van der Waals surface area contributed by atoms with Crippen molar-refractivity contribution in [3.8, 4) is 0 Å². The first-order valence-corrected chi connectivity index (χ1v) is 7.56. The third-order valence-electron chi connectivity index (χ3n) is 3.49. The van der Waals surface area contributed by atoms with Gasteiger partial charge in [0, 0.05) is 12.6 Å². The maximum Gasteiger partial charge on any atom is 0.273 e. The Hall–Kier alpha value is -2.93. The number of amides is 2. The minimum atomic E-state index is -0.702. The number of hydrogen-bond donors (Lipinski definition) is 2. The Morgan fingerprint density at radius 3 is 2.58 bits per heavy atom. The molecule has 0 aliphatic carbocycles. The van der Waals surface area contributed by atoms with Crippen molar-refractivity contribution in [3.63, 3.8) is 0 Å². The molecule has 2 amide bonds. The molecule has 0 spiro atoms. The predicted molar refractivity (Wildman–Crippen MR) is 91.8 cm³/mol. The molecule has 122 valence electrons. The molecule has 1 aliphatic rings. The highest BCUT2D eigenvalue weighted by Gasteiger charge is 2.34. The molecule has 2 heterocycles. The van der Waals surface area contributed by atoms with Crippen LogP contribution < -0.4 is 16.1 Å². The summed E-state index contributed by atoms with van der Waals surface area (Å²) in [5.74, 6) is -0.634. The maximum atomic E-state index is 12.4. The van der Waals surface area contributed by atoms with Crippen molar-refractivity contribution in [3.05, 3.63) is 53.7 Å². The number of nitrogens with zero attached hydrogens (tertiary/aromatic N) is 3. The third kappa shape index (κ3) is 3.36. The Labute approximate surface area is 143 Å². The smallest absolute Gasteiger partial charge is 0.273 e. The van der Waals surface area contributed by atoms with Crippen molar-refractivity contribution in [1.29, 1.82) is 0 Å². The van der Waals surface area contributed by atoms with E-state index in [4.69, 9.17) is 17.3 Å². The van der Waals surface area contributed by atoms with Crippen LogP contribution in [-0.2, 0) is 9.59 Å². The minimum absolute atomic E-state index is 0.129. The van der Waals surface area contributed by atoms with Gasteiger partial charge < -0.3 is 11.1 Å². The summed E-state index contributed by atoms with van der Waals surface area (Å²) in [6, 6.07) is 11.6. The van der Waals surface area contributed by atoms with Crippen LogP contribution in [0.1, 0.15) is 6.42 Å². The largest absolute Gasteiger partial charge is 0.368 e. The number of primary amides is 1. The molecule has 24 heavy (non-hydrogen) atoms. The topological polar surface area (TPSA) is 101 Å². The molecular weight excluding hydrogens is 330 g/mol. The number of pyridine rings is 1. The average molecular weight is 344 g/mol. The van der Waals surface area contributed by atoms with Crippen LogP contribution >= 0.6 is 11.6 Å². The summed E-state index contributed by atoms with van der Waals surface area (Å²) < 4.78 is 0. The number of para-hydroxylation sites is 1. The fourth-order valence-electron chi connectivity index (χ4n) is 2.33. The van der Waals surface area contributed by atoms with Crippen molar-refractivity contribution in [2.24, 2.45) is 10.8 Å². The quantitative estimate of drug-likeness (QED) is 0.883. The highest BCUT2D eigenvalue weighted by Crippen LogP contribution is 2.24. The number of nitrogens with two attached hydrogens (primary N) is 1. The lowest BCUT2D eigenvalue weighted by Gasteiger charge is -2.20. The molecule has 8 heteroatoms. The van der Waals surface area contributed by atoms with Gasteiger partial charge in [-0.3, -0.25) is 14.6 Å². The van der Waals surface area contributed by atoms with E-state index < -0.39 is 17.9 Å². The molecule has 2 aromatic rings. The highest BCUT2D eigenvalue weighted by molar-refractivity contribution is 6.44. The monoisotopic (exact) mass is 343 g/mol. The summed E-state index contributed by atoms with van der Waals surface area (Å²) in [4.78, 5) is 28.0. The van der Waals surface area contributed by atoms with Crippen molar-refractivity contribution < 1.29 is 9.59 Å². The van der Waals surface area contributed by atoms with E-state index in [1.54, 1.807) is 24.3 Å². The molecule has 3 N–H and O–H groups in total. The van der Waals surface area contributed by atoms with Crippen molar-refractivity contribution in [2.75, 3.05) is 10.3 Å². The number of nitrogens with one attached hydrogen (secondary N) is 1. The number of halogens is 1. The number of rotatable bonds is 4. The Morgan fingerprint density at radius 2 is 1.96 bits per heavy atom. The number of anilines is 2. The maximum absolute atomic E-state index is 12.4.